The van der Waals surface area contributed by atoms with E-state index in [1.807, 2.05) is 13.8 Å². The second kappa shape index (κ2) is 9.54. The van der Waals surface area contributed by atoms with E-state index in [1.54, 1.807) is 37.5 Å². The molecule has 1 aliphatic rings. The van der Waals surface area contributed by atoms with E-state index in [9.17, 15) is 4.79 Å². The predicted octanol–water partition coefficient (Wildman–Crippen LogP) is 2.27. The van der Waals surface area contributed by atoms with E-state index in [4.69, 9.17) is 10.8 Å². The fraction of sp³-hybridized carbons (Fsp3) is 0.316. The molecule has 1 aliphatic heterocycles. The molecule has 1 amide bonds. The highest BCUT2D eigenvalue weighted by atomic mass is 16.1. The van der Waals surface area contributed by atoms with Gasteiger partial charge in [-0.05, 0) is 42.3 Å². The summed E-state index contributed by atoms with van der Waals surface area (Å²) in [6.45, 7) is 5.66. The Morgan fingerprint density at radius 1 is 1.30 bits per heavy atom. The molecule has 2 aromatic rings. The largest absolute Gasteiger partial charge is 0.319 e. The van der Waals surface area contributed by atoms with Gasteiger partial charge in [0.05, 0.1) is 6.34 Å². The summed E-state index contributed by atoms with van der Waals surface area (Å²) in [6, 6.07) is 6.81. The Kier molecular flexibility index (Phi) is 7.13. The third-order valence-corrected chi connectivity index (χ3v) is 3.98. The normalized spacial score (nSPS) is 12.1. The van der Waals surface area contributed by atoms with Crippen LogP contribution < -0.4 is 10.6 Å². The van der Waals surface area contributed by atoms with Crippen molar-refractivity contribution < 1.29 is 4.79 Å². The first-order valence-electron chi connectivity index (χ1n) is 8.88. The number of nitrogens with one attached hydrogen (secondary N) is 4. The maximum atomic E-state index is 12.4. The maximum Gasteiger partial charge on any atom is 0.275 e. The van der Waals surface area contributed by atoms with Crippen molar-refractivity contribution >= 4 is 23.9 Å². The number of pyridine rings is 2. The molecule has 0 spiro atoms. The lowest BCUT2D eigenvalue weighted by atomic mass is 10.0. The van der Waals surface area contributed by atoms with E-state index in [0.29, 0.717) is 17.2 Å². The van der Waals surface area contributed by atoms with Gasteiger partial charge < -0.3 is 15.5 Å². The van der Waals surface area contributed by atoms with Gasteiger partial charge in [-0.25, -0.2) is 4.98 Å². The Hall–Kier alpha value is -3.13. The number of nitrogens with zero attached hydrogens (tertiary/aromatic N) is 3. The zero-order valence-electron chi connectivity index (χ0n) is 15.8. The Balaban J connectivity index is 0.00000126. The van der Waals surface area contributed by atoms with Crippen LogP contribution in [0.25, 0.3) is 0 Å². The van der Waals surface area contributed by atoms with Crippen molar-refractivity contribution in [2.75, 3.05) is 18.9 Å². The summed E-state index contributed by atoms with van der Waals surface area (Å²) >= 11 is 0. The van der Waals surface area contributed by atoms with Crippen molar-refractivity contribution in [2.24, 2.45) is 0 Å². The van der Waals surface area contributed by atoms with E-state index in [1.165, 1.54) is 10.5 Å². The van der Waals surface area contributed by atoms with Crippen molar-refractivity contribution in [3.05, 3.63) is 53.0 Å². The van der Waals surface area contributed by atoms with E-state index in [2.05, 4.69) is 20.6 Å². The molecule has 0 atom stereocenters. The minimum atomic E-state index is -0.343. The minimum Gasteiger partial charge on any atom is -0.319 e. The van der Waals surface area contributed by atoms with Crippen LogP contribution in [-0.2, 0) is 13.0 Å². The third kappa shape index (κ3) is 4.95. The van der Waals surface area contributed by atoms with Crippen molar-refractivity contribution in [1.29, 1.82) is 10.8 Å². The molecule has 0 bridgehead atoms. The summed E-state index contributed by atoms with van der Waals surface area (Å²) in [5.74, 6) is 0.0670. The second-order valence-corrected chi connectivity index (χ2v) is 5.72. The molecule has 0 aromatic carbocycles. The number of carbonyl (C=O) groups is 1. The molecule has 0 unspecified atom stereocenters. The van der Waals surface area contributed by atoms with Crippen LogP contribution in [-0.4, -0.2) is 46.5 Å². The number of aromatic nitrogens is 2. The van der Waals surface area contributed by atoms with Gasteiger partial charge in [0.2, 0.25) is 0 Å². The SMILES string of the molecule is CC.CN(C=N)C(=N)c1cccc(NC(=O)c2cc3c(cn2)CCNC3)n1. The lowest BCUT2D eigenvalue weighted by Crippen LogP contribution is -2.26. The molecule has 3 heterocycles. The molecule has 0 saturated carbocycles. The van der Waals surface area contributed by atoms with Crippen LogP contribution >= 0.6 is 0 Å². The fourth-order valence-corrected chi connectivity index (χ4v) is 2.55. The van der Waals surface area contributed by atoms with Crippen LogP contribution in [0.5, 0.6) is 0 Å². The Morgan fingerprint density at radius 2 is 2.07 bits per heavy atom. The van der Waals surface area contributed by atoms with Crippen molar-refractivity contribution in [3.8, 4) is 0 Å². The van der Waals surface area contributed by atoms with Gasteiger partial charge in [0.1, 0.15) is 17.2 Å². The lowest BCUT2D eigenvalue weighted by molar-refractivity contribution is 0.102. The standard InChI is InChI=1S/C17H19N7O.C2H6/c1-24(10-18)16(19)13-3-2-4-15(22-13)23-17(25)14-7-12-8-20-6-5-11(12)9-21-14;1-2/h2-4,7,9-10,18-20H,5-6,8H2,1H3,(H,22,23,25);1-2H3. The number of amides is 1. The van der Waals surface area contributed by atoms with Gasteiger partial charge in [-0.15, -0.1) is 0 Å². The molecule has 0 aliphatic carbocycles. The van der Waals surface area contributed by atoms with Crippen LogP contribution in [0.15, 0.2) is 30.5 Å². The summed E-state index contributed by atoms with van der Waals surface area (Å²) in [7, 11) is 1.59. The van der Waals surface area contributed by atoms with Gasteiger partial charge >= 0.3 is 0 Å². The van der Waals surface area contributed by atoms with E-state index < -0.39 is 0 Å². The summed E-state index contributed by atoms with van der Waals surface area (Å²) in [5, 5.41) is 21.1. The molecule has 3 rings (SSSR count). The third-order valence-electron chi connectivity index (χ3n) is 3.98. The van der Waals surface area contributed by atoms with Gasteiger partial charge in [0, 0.05) is 19.8 Å². The molecule has 0 fully saturated rings. The quantitative estimate of drug-likeness (QED) is 0.488. The number of fused-ring (bicyclic) bond motifs is 1. The van der Waals surface area contributed by atoms with Crippen LogP contribution in [0, 0.1) is 10.8 Å². The number of amidine groups is 1. The Labute approximate surface area is 159 Å². The summed E-state index contributed by atoms with van der Waals surface area (Å²) < 4.78 is 0. The van der Waals surface area contributed by atoms with Gasteiger partial charge in [-0.2, -0.15) is 0 Å². The molecule has 8 nitrogen and oxygen atoms in total. The average Bonchev–Trinajstić information content (AvgIpc) is 2.73. The number of anilines is 1. The zero-order valence-corrected chi connectivity index (χ0v) is 15.8. The van der Waals surface area contributed by atoms with Gasteiger partial charge in [0.25, 0.3) is 5.91 Å². The maximum absolute atomic E-state index is 12.4. The molecular formula is C19H25N7O. The van der Waals surface area contributed by atoms with E-state index >= 15 is 0 Å². The molecule has 142 valence electrons. The topological polar surface area (TPSA) is 118 Å². The smallest absolute Gasteiger partial charge is 0.275 e. The predicted molar refractivity (Wildman–Crippen MR) is 107 cm³/mol. The van der Waals surface area contributed by atoms with Crippen LogP contribution in [0.2, 0.25) is 0 Å². The molecule has 2 aromatic heterocycles. The van der Waals surface area contributed by atoms with Crippen molar-refractivity contribution in [1.82, 2.24) is 20.2 Å². The van der Waals surface area contributed by atoms with E-state index in [0.717, 1.165) is 31.4 Å². The number of hydrogen-bond donors (Lipinski definition) is 4. The molecule has 27 heavy (non-hydrogen) atoms. The fourth-order valence-electron chi connectivity index (χ4n) is 2.55. The first-order chi connectivity index (χ1) is 13.1. The summed E-state index contributed by atoms with van der Waals surface area (Å²) in [5.41, 5.74) is 2.95. The van der Waals surface area contributed by atoms with Crippen molar-refractivity contribution in [3.63, 3.8) is 0 Å². The number of carbonyl (C=O) groups excluding carboxylic acids is 1. The lowest BCUT2D eigenvalue weighted by Gasteiger charge is -2.17. The Bertz CT molecular complexity index is 835. The summed E-state index contributed by atoms with van der Waals surface area (Å²) in [4.78, 5) is 22.3. The molecule has 0 saturated heterocycles. The zero-order chi connectivity index (χ0) is 19.8. The second-order valence-electron chi connectivity index (χ2n) is 5.72. The molecule has 8 heteroatoms. The minimum absolute atomic E-state index is 0.0732. The highest BCUT2D eigenvalue weighted by Gasteiger charge is 2.15. The first-order valence-corrected chi connectivity index (χ1v) is 8.88. The molecule has 4 N–H and O–H groups in total. The van der Waals surface area contributed by atoms with E-state index in [-0.39, 0.29) is 11.7 Å². The number of rotatable bonds is 4. The Morgan fingerprint density at radius 3 is 2.81 bits per heavy atom. The molecule has 0 radical (unpaired) electrons. The monoisotopic (exact) mass is 367 g/mol. The van der Waals surface area contributed by atoms with Crippen LogP contribution in [0.3, 0.4) is 0 Å². The molecular weight excluding hydrogens is 342 g/mol. The highest BCUT2D eigenvalue weighted by Crippen LogP contribution is 2.15. The average molecular weight is 367 g/mol. The number of hydrogen-bond acceptors (Lipinski definition) is 6. The van der Waals surface area contributed by atoms with Gasteiger partial charge in [0.15, 0.2) is 5.84 Å². The van der Waals surface area contributed by atoms with Gasteiger partial charge in [-0.3, -0.25) is 20.6 Å². The van der Waals surface area contributed by atoms with Gasteiger partial charge in [-0.1, -0.05) is 19.9 Å². The van der Waals surface area contributed by atoms with Crippen LogP contribution in [0.4, 0.5) is 5.82 Å². The first kappa shape index (κ1) is 20.2. The summed E-state index contributed by atoms with van der Waals surface area (Å²) in [6.07, 6.45) is 3.69. The van der Waals surface area contributed by atoms with Crippen LogP contribution in [0.1, 0.15) is 41.2 Å². The van der Waals surface area contributed by atoms with Crippen molar-refractivity contribution in [2.45, 2.75) is 26.8 Å². The highest BCUT2D eigenvalue weighted by molar-refractivity contribution is 6.03.